The highest BCUT2D eigenvalue weighted by atomic mass is 32.2. The maximum atomic E-state index is 11.9. The largest absolute Gasteiger partial charge is 0.480 e. The van der Waals surface area contributed by atoms with E-state index in [1.54, 1.807) is 0 Å². The van der Waals surface area contributed by atoms with Gasteiger partial charge >= 0.3 is 12.1 Å². The number of aliphatic carboxylic acids is 1. The molecule has 1 aliphatic carbocycles. The Kier molecular flexibility index (Phi) is 3.99. The van der Waals surface area contributed by atoms with Gasteiger partial charge in [0, 0.05) is 6.04 Å². The molecule has 0 spiro atoms. The second-order valence-electron chi connectivity index (χ2n) is 3.61. The van der Waals surface area contributed by atoms with Gasteiger partial charge in [0.15, 0.2) is 0 Å². The van der Waals surface area contributed by atoms with Crippen LogP contribution in [0, 0.1) is 0 Å². The summed E-state index contributed by atoms with van der Waals surface area (Å²) >= 11 is 0. The van der Waals surface area contributed by atoms with Crippen molar-refractivity contribution in [3.63, 3.8) is 0 Å². The molecular formula is C7H11F3N2O4S. The van der Waals surface area contributed by atoms with Crippen molar-refractivity contribution in [3.8, 4) is 0 Å². The molecule has 0 aromatic rings. The van der Waals surface area contributed by atoms with Crippen molar-refractivity contribution in [1.82, 2.24) is 9.03 Å². The van der Waals surface area contributed by atoms with Gasteiger partial charge in [-0.25, -0.2) is 0 Å². The summed E-state index contributed by atoms with van der Waals surface area (Å²) in [6, 6.07) is -0.517. The molecular weight excluding hydrogens is 265 g/mol. The Morgan fingerprint density at radius 2 is 1.94 bits per heavy atom. The first-order valence-electron chi connectivity index (χ1n) is 4.67. The molecule has 0 bridgehead atoms. The molecule has 0 aliphatic heterocycles. The van der Waals surface area contributed by atoms with E-state index in [9.17, 15) is 26.4 Å². The van der Waals surface area contributed by atoms with Gasteiger partial charge in [-0.3, -0.25) is 4.79 Å². The molecule has 1 fully saturated rings. The summed E-state index contributed by atoms with van der Waals surface area (Å²) in [7, 11) is -4.40. The van der Waals surface area contributed by atoms with Gasteiger partial charge in [0.05, 0.1) is 0 Å². The Morgan fingerprint density at radius 1 is 1.41 bits per heavy atom. The van der Waals surface area contributed by atoms with Crippen LogP contribution in [0.5, 0.6) is 0 Å². The van der Waals surface area contributed by atoms with Gasteiger partial charge < -0.3 is 5.11 Å². The monoisotopic (exact) mass is 276 g/mol. The zero-order valence-electron chi connectivity index (χ0n) is 8.57. The van der Waals surface area contributed by atoms with Crippen molar-refractivity contribution in [2.75, 3.05) is 13.1 Å². The third-order valence-electron chi connectivity index (χ3n) is 2.01. The van der Waals surface area contributed by atoms with E-state index in [1.165, 1.54) is 4.72 Å². The molecule has 100 valence electrons. The molecule has 10 heteroatoms. The lowest BCUT2D eigenvalue weighted by Crippen LogP contribution is -2.47. The molecule has 0 heterocycles. The molecule has 0 atom stereocenters. The molecule has 0 unspecified atom stereocenters. The first-order valence-corrected chi connectivity index (χ1v) is 6.11. The minimum absolute atomic E-state index is 0.459. The van der Waals surface area contributed by atoms with Crippen molar-refractivity contribution >= 4 is 16.2 Å². The number of halogens is 3. The molecule has 1 saturated carbocycles. The average molecular weight is 276 g/mol. The van der Waals surface area contributed by atoms with Gasteiger partial charge in [-0.05, 0) is 12.8 Å². The summed E-state index contributed by atoms with van der Waals surface area (Å²) in [5, 5.41) is 8.50. The highest BCUT2D eigenvalue weighted by Crippen LogP contribution is 2.28. The zero-order chi connectivity index (χ0) is 13.3. The molecule has 1 rings (SSSR count). The van der Waals surface area contributed by atoms with Gasteiger partial charge in [0.2, 0.25) is 0 Å². The van der Waals surface area contributed by atoms with Gasteiger partial charge in [0.25, 0.3) is 10.2 Å². The minimum Gasteiger partial charge on any atom is -0.480 e. The smallest absolute Gasteiger partial charge is 0.402 e. The summed E-state index contributed by atoms with van der Waals surface area (Å²) < 4.78 is 60.4. The van der Waals surface area contributed by atoms with Crippen LogP contribution in [0.4, 0.5) is 13.2 Å². The van der Waals surface area contributed by atoms with Crippen molar-refractivity contribution in [2.24, 2.45) is 0 Å². The van der Waals surface area contributed by atoms with E-state index < -0.39 is 41.5 Å². The van der Waals surface area contributed by atoms with Crippen LogP contribution in [-0.2, 0) is 15.0 Å². The van der Waals surface area contributed by atoms with Crippen LogP contribution in [0.3, 0.4) is 0 Å². The van der Waals surface area contributed by atoms with Crippen LogP contribution < -0.4 is 4.72 Å². The summed E-state index contributed by atoms with van der Waals surface area (Å²) in [4.78, 5) is 10.4. The first kappa shape index (κ1) is 14.2. The Hall–Kier alpha value is -0.870. The number of carboxylic acids is 1. The minimum atomic E-state index is -4.68. The lowest BCUT2D eigenvalue weighted by atomic mass is 10.6. The van der Waals surface area contributed by atoms with Crippen molar-refractivity contribution < 1.29 is 31.5 Å². The van der Waals surface area contributed by atoms with Gasteiger partial charge in [-0.2, -0.15) is 30.6 Å². The normalized spacial score (nSPS) is 17.4. The Labute approximate surface area is 95.6 Å². The van der Waals surface area contributed by atoms with Crippen LogP contribution in [-0.4, -0.2) is 49.1 Å². The number of nitrogens with zero attached hydrogens (tertiary/aromatic N) is 1. The number of nitrogens with one attached hydrogen (secondary N) is 1. The number of alkyl halides is 3. The fourth-order valence-corrected chi connectivity index (χ4v) is 2.56. The molecule has 2 N–H and O–H groups in total. The highest BCUT2D eigenvalue weighted by molar-refractivity contribution is 7.87. The molecule has 6 nitrogen and oxygen atoms in total. The molecule has 0 aromatic heterocycles. The zero-order valence-corrected chi connectivity index (χ0v) is 9.38. The number of hydrogen-bond acceptors (Lipinski definition) is 3. The number of carbonyl (C=O) groups is 1. The van der Waals surface area contributed by atoms with Crippen LogP contribution in [0.1, 0.15) is 12.8 Å². The molecule has 0 radical (unpaired) electrons. The lowest BCUT2D eigenvalue weighted by molar-refractivity contribution is -0.137. The van der Waals surface area contributed by atoms with Crippen LogP contribution >= 0.6 is 0 Å². The molecule has 0 aromatic carbocycles. The number of carboxylic acid groups (broad SMARTS) is 1. The van der Waals surface area contributed by atoms with E-state index in [2.05, 4.69) is 0 Å². The van der Waals surface area contributed by atoms with Crippen molar-refractivity contribution in [1.29, 1.82) is 0 Å². The number of rotatable bonds is 6. The van der Waals surface area contributed by atoms with Gasteiger partial charge in [-0.15, -0.1) is 0 Å². The lowest BCUT2D eigenvalue weighted by Gasteiger charge is -2.20. The third-order valence-corrected chi connectivity index (χ3v) is 3.56. The Bertz CT molecular complexity index is 390. The van der Waals surface area contributed by atoms with Crippen LogP contribution in [0.15, 0.2) is 0 Å². The maximum absolute atomic E-state index is 11.9. The predicted molar refractivity (Wildman–Crippen MR) is 50.3 cm³/mol. The maximum Gasteiger partial charge on any atom is 0.402 e. The van der Waals surface area contributed by atoms with E-state index >= 15 is 0 Å². The van der Waals surface area contributed by atoms with E-state index in [-0.39, 0.29) is 0 Å². The van der Waals surface area contributed by atoms with Gasteiger partial charge in [-0.1, -0.05) is 0 Å². The quantitative estimate of drug-likeness (QED) is 0.711. The molecule has 17 heavy (non-hydrogen) atoms. The van der Waals surface area contributed by atoms with Crippen LogP contribution in [0.25, 0.3) is 0 Å². The first-order chi connectivity index (χ1) is 7.62. The van der Waals surface area contributed by atoms with Crippen LogP contribution in [0.2, 0.25) is 0 Å². The fraction of sp³-hybridized carbons (Fsp3) is 0.857. The molecule has 0 saturated heterocycles. The van der Waals surface area contributed by atoms with Crippen molar-refractivity contribution in [2.45, 2.75) is 25.1 Å². The van der Waals surface area contributed by atoms with Gasteiger partial charge in [0.1, 0.15) is 13.1 Å². The predicted octanol–water partition coefficient (Wildman–Crippen LogP) is -0.0679. The Morgan fingerprint density at radius 3 is 2.29 bits per heavy atom. The second kappa shape index (κ2) is 4.78. The second-order valence-corrected chi connectivity index (χ2v) is 5.32. The topological polar surface area (TPSA) is 86.7 Å². The van der Waals surface area contributed by atoms with E-state index in [1.807, 2.05) is 0 Å². The summed E-state index contributed by atoms with van der Waals surface area (Å²) in [6.07, 6.45) is -3.76. The summed E-state index contributed by atoms with van der Waals surface area (Å²) in [5.41, 5.74) is 0. The van der Waals surface area contributed by atoms with E-state index in [4.69, 9.17) is 5.11 Å². The average Bonchev–Trinajstić information content (AvgIpc) is 2.93. The molecule has 1 aliphatic rings. The van der Waals surface area contributed by atoms with E-state index in [0.717, 1.165) is 0 Å². The van der Waals surface area contributed by atoms with Crippen molar-refractivity contribution in [3.05, 3.63) is 0 Å². The fourth-order valence-electron chi connectivity index (χ4n) is 1.16. The molecule has 0 amide bonds. The highest BCUT2D eigenvalue weighted by Gasteiger charge is 2.40. The summed E-state index contributed by atoms with van der Waals surface area (Å²) in [5.74, 6) is -1.41. The Balaban J connectivity index is 2.68. The summed E-state index contributed by atoms with van der Waals surface area (Å²) in [6.45, 7) is -2.55. The number of hydrogen-bond donors (Lipinski definition) is 2. The SMILES string of the molecule is O=C(O)CN(C1CC1)S(=O)(=O)NCC(F)(F)F. The third kappa shape index (κ3) is 4.88. The van der Waals surface area contributed by atoms with E-state index in [0.29, 0.717) is 17.1 Å². The standard InChI is InChI=1S/C7H11F3N2O4S/c8-7(9,10)4-11-17(15,16)12(3-6(13)14)5-1-2-5/h5,11H,1-4H2,(H,13,14).